The normalized spacial score (nSPS) is 10.6. The summed E-state index contributed by atoms with van der Waals surface area (Å²) < 4.78 is 7.19. The molecule has 0 radical (unpaired) electrons. The van der Waals surface area contributed by atoms with Crippen LogP contribution in [0.5, 0.6) is 5.75 Å². The Balaban J connectivity index is 2.01. The topological polar surface area (TPSA) is 52.0 Å². The van der Waals surface area contributed by atoms with Crippen molar-refractivity contribution in [2.75, 3.05) is 13.2 Å². The first-order chi connectivity index (χ1) is 9.33. The van der Waals surface area contributed by atoms with Gasteiger partial charge < -0.3 is 10.1 Å². The molecular weight excluding hydrogens is 240 g/mol. The van der Waals surface area contributed by atoms with Crippen molar-refractivity contribution in [1.29, 1.82) is 0 Å². The lowest BCUT2D eigenvalue weighted by atomic mass is 10.3. The van der Waals surface area contributed by atoms with Gasteiger partial charge in [0.25, 0.3) is 0 Å². The van der Waals surface area contributed by atoms with E-state index in [0.29, 0.717) is 6.61 Å². The number of nitrogens with one attached hydrogen (secondary N) is 1. The van der Waals surface area contributed by atoms with E-state index in [1.54, 1.807) is 4.68 Å². The molecule has 5 nitrogen and oxygen atoms in total. The van der Waals surface area contributed by atoms with Crippen LogP contribution in [0.1, 0.15) is 26.0 Å². The van der Waals surface area contributed by atoms with E-state index in [2.05, 4.69) is 22.6 Å². The van der Waals surface area contributed by atoms with E-state index in [-0.39, 0.29) is 0 Å². The lowest BCUT2D eigenvalue weighted by molar-refractivity contribution is 0.340. The lowest BCUT2D eigenvalue weighted by Crippen LogP contribution is -2.13. The van der Waals surface area contributed by atoms with Crippen LogP contribution in [0.25, 0.3) is 5.69 Å². The second-order valence-corrected chi connectivity index (χ2v) is 4.26. The number of hydrogen-bond donors (Lipinski definition) is 1. The zero-order valence-electron chi connectivity index (χ0n) is 11.5. The molecule has 0 bridgehead atoms. The quantitative estimate of drug-likeness (QED) is 0.775. The number of rotatable bonds is 7. The number of benzene rings is 1. The van der Waals surface area contributed by atoms with Crippen LogP contribution >= 0.6 is 0 Å². The van der Waals surface area contributed by atoms with Crippen molar-refractivity contribution in [1.82, 2.24) is 20.3 Å². The van der Waals surface area contributed by atoms with E-state index in [1.807, 2.05) is 37.4 Å². The van der Waals surface area contributed by atoms with E-state index in [0.717, 1.165) is 36.6 Å². The third-order valence-electron chi connectivity index (χ3n) is 2.69. The minimum atomic E-state index is 0.677. The second kappa shape index (κ2) is 6.89. The summed E-state index contributed by atoms with van der Waals surface area (Å²) >= 11 is 0. The molecule has 2 rings (SSSR count). The zero-order valence-corrected chi connectivity index (χ0v) is 11.5. The van der Waals surface area contributed by atoms with Gasteiger partial charge in [-0.05, 0) is 44.2 Å². The maximum absolute atomic E-state index is 5.41. The Labute approximate surface area is 113 Å². The predicted molar refractivity (Wildman–Crippen MR) is 74.5 cm³/mol. The van der Waals surface area contributed by atoms with Gasteiger partial charge in [0, 0.05) is 6.54 Å². The minimum Gasteiger partial charge on any atom is -0.494 e. The van der Waals surface area contributed by atoms with Crippen molar-refractivity contribution in [2.45, 2.75) is 26.8 Å². The number of aromatic nitrogens is 3. The Morgan fingerprint density at radius 2 is 2.00 bits per heavy atom. The molecule has 1 aromatic carbocycles. The fourth-order valence-electron chi connectivity index (χ4n) is 1.76. The molecular formula is C14H20N4O. The lowest BCUT2D eigenvalue weighted by Gasteiger charge is -2.04. The van der Waals surface area contributed by atoms with Gasteiger partial charge in [0.05, 0.1) is 24.2 Å². The van der Waals surface area contributed by atoms with Crippen molar-refractivity contribution in [3.8, 4) is 11.4 Å². The molecule has 0 aliphatic rings. The highest BCUT2D eigenvalue weighted by Gasteiger charge is 2.02. The van der Waals surface area contributed by atoms with E-state index < -0.39 is 0 Å². The molecule has 1 aromatic heterocycles. The van der Waals surface area contributed by atoms with Gasteiger partial charge in [-0.1, -0.05) is 12.1 Å². The average Bonchev–Trinajstić information content (AvgIpc) is 2.89. The molecule has 0 saturated heterocycles. The minimum absolute atomic E-state index is 0.677. The molecule has 5 heteroatoms. The molecule has 0 saturated carbocycles. The summed E-state index contributed by atoms with van der Waals surface area (Å²) in [6, 6.07) is 7.83. The van der Waals surface area contributed by atoms with E-state index in [4.69, 9.17) is 4.74 Å². The van der Waals surface area contributed by atoms with E-state index in [9.17, 15) is 0 Å². The molecule has 0 unspecified atom stereocenters. The molecule has 0 aliphatic heterocycles. The summed E-state index contributed by atoms with van der Waals surface area (Å²) in [5.74, 6) is 0.871. The summed E-state index contributed by atoms with van der Waals surface area (Å²) in [5.41, 5.74) is 1.93. The van der Waals surface area contributed by atoms with Crippen molar-refractivity contribution in [3.63, 3.8) is 0 Å². The molecule has 1 N–H and O–H groups in total. The maximum Gasteiger partial charge on any atom is 0.119 e. The van der Waals surface area contributed by atoms with E-state index >= 15 is 0 Å². The molecule has 0 spiro atoms. The van der Waals surface area contributed by atoms with Crippen molar-refractivity contribution >= 4 is 0 Å². The van der Waals surface area contributed by atoms with Gasteiger partial charge >= 0.3 is 0 Å². The van der Waals surface area contributed by atoms with Crippen molar-refractivity contribution < 1.29 is 4.74 Å². The molecule has 0 fully saturated rings. The van der Waals surface area contributed by atoms with Gasteiger partial charge in [0.15, 0.2) is 0 Å². The van der Waals surface area contributed by atoms with Crippen LogP contribution in [0.3, 0.4) is 0 Å². The second-order valence-electron chi connectivity index (χ2n) is 4.26. The molecule has 0 aliphatic carbocycles. The van der Waals surface area contributed by atoms with Crippen molar-refractivity contribution in [3.05, 3.63) is 36.2 Å². The Morgan fingerprint density at radius 1 is 1.21 bits per heavy atom. The van der Waals surface area contributed by atoms with Crippen molar-refractivity contribution in [2.24, 2.45) is 0 Å². The van der Waals surface area contributed by atoms with Gasteiger partial charge in [-0.3, -0.25) is 0 Å². The van der Waals surface area contributed by atoms with Crippen LogP contribution in [0, 0.1) is 0 Å². The zero-order chi connectivity index (χ0) is 13.5. The Hall–Kier alpha value is -1.88. The fourth-order valence-corrected chi connectivity index (χ4v) is 1.76. The van der Waals surface area contributed by atoms with Gasteiger partial charge in [0.1, 0.15) is 5.75 Å². The molecule has 0 atom stereocenters. The van der Waals surface area contributed by atoms with Gasteiger partial charge in [-0.15, -0.1) is 5.10 Å². The molecule has 102 valence electrons. The Bertz CT molecular complexity index is 492. The average molecular weight is 260 g/mol. The first-order valence-electron chi connectivity index (χ1n) is 6.68. The van der Waals surface area contributed by atoms with Gasteiger partial charge in [0.2, 0.25) is 0 Å². The van der Waals surface area contributed by atoms with Gasteiger partial charge in [-0.2, -0.15) is 0 Å². The summed E-state index contributed by atoms with van der Waals surface area (Å²) in [5, 5.41) is 11.6. The number of nitrogens with zero attached hydrogens (tertiary/aromatic N) is 3. The van der Waals surface area contributed by atoms with Crippen LogP contribution in [0.4, 0.5) is 0 Å². The highest BCUT2D eigenvalue weighted by atomic mass is 16.5. The Kier molecular flexibility index (Phi) is 4.92. The van der Waals surface area contributed by atoms with Crippen LogP contribution < -0.4 is 10.1 Å². The first kappa shape index (κ1) is 13.5. The SMILES string of the molecule is CCCNCc1cn(-c2ccc(OCC)cc2)nn1. The Morgan fingerprint density at radius 3 is 2.68 bits per heavy atom. The summed E-state index contributed by atoms with van der Waals surface area (Å²) in [7, 11) is 0. The number of ether oxygens (including phenoxy) is 1. The molecule has 2 aromatic rings. The molecule has 1 heterocycles. The summed E-state index contributed by atoms with van der Waals surface area (Å²) in [6.07, 6.45) is 3.06. The molecule has 19 heavy (non-hydrogen) atoms. The monoisotopic (exact) mass is 260 g/mol. The van der Waals surface area contributed by atoms with E-state index in [1.165, 1.54) is 0 Å². The maximum atomic E-state index is 5.41. The first-order valence-corrected chi connectivity index (χ1v) is 6.68. The highest BCUT2D eigenvalue weighted by Crippen LogP contribution is 2.14. The summed E-state index contributed by atoms with van der Waals surface area (Å²) in [4.78, 5) is 0. The third kappa shape index (κ3) is 3.79. The van der Waals surface area contributed by atoms with Crippen LogP contribution in [0.15, 0.2) is 30.5 Å². The van der Waals surface area contributed by atoms with Crippen LogP contribution in [-0.2, 0) is 6.54 Å². The largest absolute Gasteiger partial charge is 0.494 e. The molecule has 0 amide bonds. The highest BCUT2D eigenvalue weighted by molar-refractivity contribution is 5.36. The van der Waals surface area contributed by atoms with Crippen LogP contribution in [-0.4, -0.2) is 28.1 Å². The summed E-state index contributed by atoms with van der Waals surface area (Å²) in [6.45, 7) is 6.54. The predicted octanol–water partition coefficient (Wildman–Crippen LogP) is 2.17. The third-order valence-corrected chi connectivity index (χ3v) is 2.69. The smallest absolute Gasteiger partial charge is 0.119 e. The fraction of sp³-hybridized carbons (Fsp3) is 0.429. The van der Waals surface area contributed by atoms with Crippen LogP contribution in [0.2, 0.25) is 0 Å². The standard InChI is InChI=1S/C14H20N4O/c1-3-9-15-10-12-11-18(17-16-12)13-5-7-14(8-6-13)19-4-2/h5-8,11,15H,3-4,9-10H2,1-2H3. The van der Waals surface area contributed by atoms with Gasteiger partial charge in [-0.25, -0.2) is 4.68 Å². The number of hydrogen-bond acceptors (Lipinski definition) is 4.